The second-order valence-corrected chi connectivity index (χ2v) is 2.26. The predicted molar refractivity (Wildman–Crippen MR) is 32.2 cm³/mol. The van der Waals surface area contributed by atoms with Gasteiger partial charge in [-0.15, -0.1) is 0 Å². The van der Waals surface area contributed by atoms with Crippen molar-refractivity contribution in [2.75, 3.05) is 0 Å². The Kier molecular flexibility index (Phi) is 3.24. The van der Waals surface area contributed by atoms with Crippen LogP contribution >= 0.6 is 0 Å². The van der Waals surface area contributed by atoms with E-state index in [1.807, 2.05) is 0 Å². The van der Waals surface area contributed by atoms with Gasteiger partial charge in [0.25, 0.3) is 0 Å². The van der Waals surface area contributed by atoms with Gasteiger partial charge in [0.05, 0.1) is 12.5 Å². The molecule has 3 heteroatoms. The molecular weight excluding hydrogens is 120 g/mol. The fraction of sp³-hybridized carbons (Fsp3) is 0.667. The van der Waals surface area contributed by atoms with Crippen LogP contribution in [-0.2, 0) is 4.79 Å². The zero-order valence-corrected chi connectivity index (χ0v) is 5.53. The van der Waals surface area contributed by atoms with E-state index in [1.54, 1.807) is 13.8 Å². The Bertz CT molecular complexity index is 98.5. The van der Waals surface area contributed by atoms with Gasteiger partial charge in [0.2, 0.25) is 0 Å². The van der Waals surface area contributed by atoms with Crippen LogP contribution < -0.4 is 0 Å². The van der Waals surface area contributed by atoms with Crippen LogP contribution in [0.1, 0.15) is 13.8 Å². The van der Waals surface area contributed by atoms with Crippen LogP contribution in [0.15, 0.2) is 0 Å². The Morgan fingerprint density at radius 2 is 2.00 bits per heavy atom. The Balaban J connectivity index is 3.83. The van der Waals surface area contributed by atoms with E-state index in [9.17, 15) is 4.79 Å². The van der Waals surface area contributed by atoms with E-state index < -0.39 is 11.9 Å². The van der Waals surface area contributed by atoms with Crippen molar-refractivity contribution in [2.45, 2.75) is 13.8 Å². The van der Waals surface area contributed by atoms with Gasteiger partial charge >= 0.3 is 5.97 Å². The molecule has 0 fully saturated rings. The van der Waals surface area contributed by atoms with E-state index in [0.29, 0.717) is 6.61 Å². The zero-order valence-electron chi connectivity index (χ0n) is 5.53. The molecule has 0 amide bonds. The standard InChI is InChI=1S/C6H11O3/c1-4(2)5(3-7)6(8)9/h3-5,7H,1-2H3,(H,8,9). The van der Waals surface area contributed by atoms with Crippen molar-refractivity contribution in [3.05, 3.63) is 6.61 Å². The van der Waals surface area contributed by atoms with Crippen molar-refractivity contribution < 1.29 is 15.0 Å². The maximum absolute atomic E-state index is 10.2. The van der Waals surface area contributed by atoms with Crippen LogP contribution in [0.3, 0.4) is 0 Å². The number of aliphatic hydroxyl groups is 1. The lowest BCUT2D eigenvalue weighted by Crippen LogP contribution is -2.19. The van der Waals surface area contributed by atoms with Gasteiger partial charge in [0.1, 0.15) is 0 Å². The van der Waals surface area contributed by atoms with Crippen LogP contribution in [0, 0.1) is 18.4 Å². The molecule has 0 aliphatic carbocycles. The number of hydrogen-bond acceptors (Lipinski definition) is 2. The van der Waals surface area contributed by atoms with E-state index in [-0.39, 0.29) is 5.92 Å². The highest BCUT2D eigenvalue weighted by Gasteiger charge is 2.19. The molecule has 2 N–H and O–H groups in total. The number of aliphatic hydroxyl groups excluding tert-OH is 1. The fourth-order valence-electron chi connectivity index (χ4n) is 0.521. The van der Waals surface area contributed by atoms with Gasteiger partial charge in [-0.1, -0.05) is 13.8 Å². The molecule has 0 heterocycles. The van der Waals surface area contributed by atoms with Crippen molar-refractivity contribution in [3.8, 4) is 0 Å². The molecule has 0 aromatic carbocycles. The summed E-state index contributed by atoms with van der Waals surface area (Å²) in [7, 11) is 0. The Hall–Kier alpha value is -0.570. The smallest absolute Gasteiger partial charge is 0.309 e. The van der Waals surface area contributed by atoms with Crippen LogP contribution in [0.2, 0.25) is 0 Å². The Labute approximate surface area is 54.3 Å². The van der Waals surface area contributed by atoms with E-state index in [2.05, 4.69) is 0 Å². The third kappa shape index (κ3) is 2.46. The molecule has 0 bridgehead atoms. The van der Waals surface area contributed by atoms with Crippen LogP contribution in [0.4, 0.5) is 0 Å². The monoisotopic (exact) mass is 131 g/mol. The summed E-state index contributed by atoms with van der Waals surface area (Å²) in [6.07, 6.45) is 0. The maximum Gasteiger partial charge on any atom is 0.309 e. The first kappa shape index (κ1) is 8.43. The first-order valence-electron chi connectivity index (χ1n) is 2.80. The summed E-state index contributed by atoms with van der Waals surface area (Å²) >= 11 is 0. The van der Waals surface area contributed by atoms with Gasteiger partial charge in [-0.3, -0.25) is 4.79 Å². The minimum Gasteiger partial charge on any atom is -0.481 e. The average Bonchev–Trinajstić information content (AvgIpc) is 1.64. The van der Waals surface area contributed by atoms with Crippen molar-refractivity contribution in [2.24, 2.45) is 11.8 Å². The SMILES string of the molecule is CC(C)C([CH]O)C(=O)O. The topological polar surface area (TPSA) is 57.5 Å². The first-order chi connectivity index (χ1) is 4.09. The number of aliphatic carboxylic acids is 1. The van der Waals surface area contributed by atoms with Crippen LogP contribution in [0.25, 0.3) is 0 Å². The molecule has 53 valence electrons. The number of carboxylic acid groups (broad SMARTS) is 1. The highest BCUT2D eigenvalue weighted by molar-refractivity contribution is 5.71. The second kappa shape index (κ2) is 3.45. The molecule has 0 aromatic heterocycles. The average molecular weight is 131 g/mol. The van der Waals surface area contributed by atoms with Gasteiger partial charge in [0, 0.05) is 0 Å². The summed E-state index contributed by atoms with van der Waals surface area (Å²) in [5, 5.41) is 16.7. The number of hydrogen-bond donors (Lipinski definition) is 2. The van der Waals surface area contributed by atoms with Crippen molar-refractivity contribution >= 4 is 5.97 Å². The van der Waals surface area contributed by atoms with E-state index in [1.165, 1.54) is 0 Å². The highest BCUT2D eigenvalue weighted by atomic mass is 16.4. The molecule has 1 radical (unpaired) electrons. The van der Waals surface area contributed by atoms with E-state index >= 15 is 0 Å². The molecule has 1 atom stereocenters. The normalized spacial score (nSPS) is 13.8. The van der Waals surface area contributed by atoms with E-state index in [0.717, 1.165) is 0 Å². The van der Waals surface area contributed by atoms with Crippen LogP contribution in [0.5, 0.6) is 0 Å². The maximum atomic E-state index is 10.2. The summed E-state index contributed by atoms with van der Waals surface area (Å²) in [6.45, 7) is 4.20. The molecule has 1 unspecified atom stereocenters. The molecule has 0 saturated heterocycles. The van der Waals surface area contributed by atoms with Gasteiger partial charge in [-0.05, 0) is 5.92 Å². The molecule has 3 nitrogen and oxygen atoms in total. The van der Waals surface area contributed by atoms with Gasteiger partial charge in [-0.2, -0.15) is 0 Å². The summed E-state index contributed by atoms with van der Waals surface area (Å²) in [5.41, 5.74) is 0. The number of rotatable bonds is 3. The molecule has 0 aromatic rings. The summed E-state index contributed by atoms with van der Waals surface area (Å²) in [4.78, 5) is 10.2. The number of carbonyl (C=O) groups is 1. The third-order valence-electron chi connectivity index (χ3n) is 1.16. The zero-order chi connectivity index (χ0) is 7.44. The van der Waals surface area contributed by atoms with Crippen molar-refractivity contribution in [1.82, 2.24) is 0 Å². The molecule has 0 rings (SSSR count). The van der Waals surface area contributed by atoms with Gasteiger partial charge in [-0.25, -0.2) is 0 Å². The van der Waals surface area contributed by atoms with Crippen molar-refractivity contribution in [3.63, 3.8) is 0 Å². The number of carboxylic acids is 1. The lowest BCUT2D eigenvalue weighted by atomic mass is 9.97. The fourth-order valence-corrected chi connectivity index (χ4v) is 0.521. The first-order valence-corrected chi connectivity index (χ1v) is 2.80. The van der Waals surface area contributed by atoms with Crippen LogP contribution in [-0.4, -0.2) is 16.2 Å². The van der Waals surface area contributed by atoms with Gasteiger partial charge in [0.15, 0.2) is 0 Å². The minimum absolute atomic E-state index is 0.0486. The van der Waals surface area contributed by atoms with Crippen molar-refractivity contribution in [1.29, 1.82) is 0 Å². The molecule has 0 aliphatic heterocycles. The largest absolute Gasteiger partial charge is 0.481 e. The third-order valence-corrected chi connectivity index (χ3v) is 1.16. The molecule has 0 saturated carbocycles. The quantitative estimate of drug-likeness (QED) is 0.597. The Morgan fingerprint density at radius 1 is 1.56 bits per heavy atom. The summed E-state index contributed by atoms with van der Waals surface area (Å²) < 4.78 is 0. The lowest BCUT2D eigenvalue weighted by molar-refractivity contribution is -0.143. The molecule has 9 heavy (non-hydrogen) atoms. The summed E-state index contributed by atoms with van der Waals surface area (Å²) in [6, 6.07) is 0. The molecule has 0 spiro atoms. The molecule has 0 aliphatic rings. The minimum atomic E-state index is -0.979. The van der Waals surface area contributed by atoms with Gasteiger partial charge < -0.3 is 10.2 Å². The highest BCUT2D eigenvalue weighted by Crippen LogP contribution is 2.11. The summed E-state index contributed by atoms with van der Waals surface area (Å²) in [5.74, 6) is -1.76. The molecular formula is C6H11O3. The Morgan fingerprint density at radius 3 is 2.00 bits per heavy atom. The second-order valence-electron chi connectivity index (χ2n) is 2.26. The predicted octanol–water partition coefficient (Wildman–Crippen LogP) is 0.877. The van der Waals surface area contributed by atoms with E-state index in [4.69, 9.17) is 10.2 Å². The lowest BCUT2D eigenvalue weighted by Gasteiger charge is -2.10.